The Morgan fingerprint density at radius 2 is 2.10 bits per heavy atom. The van der Waals surface area contributed by atoms with E-state index >= 15 is 0 Å². The minimum absolute atomic E-state index is 0.0329. The summed E-state index contributed by atoms with van der Waals surface area (Å²) >= 11 is 0. The van der Waals surface area contributed by atoms with Gasteiger partial charge in [-0.05, 0) is 43.1 Å². The third-order valence-corrected chi connectivity index (χ3v) is 4.00. The number of benzene rings is 1. The first-order chi connectivity index (χ1) is 9.52. The first-order valence-corrected chi connectivity index (χ1v) is 7.23. The molecule has 0 aromatic heterocycles. The number of hydrogen-bond donors (Lipinski definition) is 2. The van der Waals surface area contributed by atoms with E-state index in [2.05, 4.69) is 29.5 Å². The molecule has 0 saturated carbocycles. The maximum Gasteiger partial charge on any atom is 0.251 e. The number of carbonyl (C=O) groups is 1. The second-order valence-corrected chi connectivity index (χ2v) is 6.19. The predicted octanol–water partition coefficient (Wildman–Crippen LogP) is 1.48. The summed E-state index contributed by atoms with van der Waals surface area (Å²) in [5, 5.41) is 6.08. The van der Waals surface area contributed by atoms with E-state index in [1.54, 1.807) is 7.05 Å². The van der Waals surface area contributed by atoms with Crippen LogP contribution in [0, 0.1) is 5.41 Å². The van der Waals surface area contributed by atoms with Crippen molar-refractivity contribution in [3.05, 3.63) is 35.4 Å². The normalized spacial score (nSPS) is 22.2. The molecular weight excluding hydrogens is 250 g/mol. The summed E-state index contributed by atoms with van der Waals surface area (Å²) in [6, 6.07) is 7.86. The van der Waals surface area contributed by atoms with Crippen molar-refractivity contribution in [2.24, 2.45) is 5.41 Å². The van der Waals surface area contributed by atoms with Crippen molar-refractivity contribution in [2.75, 3.05) is 33.7 Å². The fourth-order valence-corrected chi connectivity index (χ4v) is 2.93. The van der Waals surface area contributed by atoms with Crippen molar-refractivity contribution in [1.82, 2.24) is 15.5 Å². The summed E-state index contributed by atoms with van der Waals surface area (Å²) in [6.07, 6.45) is 1.24. The monoisotopic (exact) mass is 275 g/mol. The van der Waals surface area contributed by atoms with E-state index in [1.165, 1.54) is 12.0 Å². The van der Waals surface area contributed by atoms with E-state index in [-0.39, 0.29) is 5.91 Å². The Kier molecular flexibility index (Phi) is 4.78. The van der Waals surface area contributed by atoms with E-state index in [4.69, 9.17) is 0 Å². The Bertz CT molecular complexity index is 449. The number of carbonyl (C=O) groups excluding carboxylic acids is 1. The van der Waals surface area contributed by atoms with Gasteiger partial charge in [-0.2, -0.15) is 0 Å². The molecule has 110 valence electrons. The molecule has 1 heterocycles. The molecule has 2 N–H and O–H groups in total. The number of hydrogen-bond acceptors (Lipinski definition) is 3. The van der Waals surface area contributed by atoms with Crippen LogP contribution in [0.3, 0.4) is 0 Å². The largest absolute Gasteiger partial charge is 0.355 e. The SMILES string of the molecule is CNC(=O)c1ccc(CN(C)CC2(C)CCNC2)cc1. The Morgan fingerprint density at radius 3 is 2.65 bits per heavy atom. The third-order valence-electron chi connectivity index (χ3n) is 4.00. The fraction of sp³-hybridized carbons (Fsp3) is 0.562. The third kappa shape index (κ3) is 3.81. The lowest BCUT2D eigenvalue weighted by Gasteiger charge is -2.29. The van der Waals surface area contributed by atoms with Crippen LogP contribution in [-0.4, -0.2) is 44.5 Å². The van der Waals surface area contributed by atoms with Crippen LogP contribution in [-0.2, 0) is 6.54 Å². The Hall–Kier alpha value is -1.39. The molecule has 1 unspecified atom stereocenters. The average Bonchev–Trinajstić information content (AvgIpc) is 2.84. The number of nitrogens with one attached hydrogen (secondary N) is 2. The van der Waals surface area contributed by atoms with Gasteiger partial charge >= 0.3 is 0 Å². The van der Waals surface area contributed by atoms with E-state index < -0.39 is 0 Å². The van der Waals surface area contributed by atoms with Crippen molar-refractivity contribution >= 4 is 5.91 Å². The summed E-state index contributed by atoms with van der Waals surface area (Å²) in [5.41, 5.74) is 2.34. The molecule has 1 saturated heterocycles. The summed E-state index contributed by atoms with van der Waals surface area (Å²) in [5.74, 6) is -0.0329. The minimum Gasteiger partial charge on any atom is -0.355 e. The molecule has 0 spiro atoms. The van der Waals surface area contributed by atoms with Crippen LogP contribution in [0.15, 0.2) is 24.3 Å². The molecule has 1 amide bonds. The zero-order chi connectivity index (χ0) is 14.6. The van der Waals surface area contributed by atoms with Gasteiger partial charge in [-0.15, -0.1) is 0 Å². The summed E-state index contributed by atoms with van der Waals surface area (Å²) in [4.78, 5) is 13.9. The first kappa shape index (κ1) is 15.0. The van der Waals surface area contributed by atoms with E-state index in [0.717, 1.165) is 26.2 Å². The molecule has 1 aromatic carbocycles. The second kappa shape index (κ2) is 6.37. The fourth-order valence-electron chi connectivity index (χ4n) is 2.93. The van der Waals surface area contributed by atoms with Gasteiger partial charge in [-0.25, -0.2) is 0 Å². The predicted molar refractivity (Wildman–Crippen MR) is 81.8 cm³/mol. The summed E-state index contributed by atoms with van der Waals surface area (Å²) < 4.78 is 0. The molecule has 20 heavy (non-hydrogen) atoms. The molecule has 0 aliphatic carbocycles. The van der Waals surface area contributed by atoms with Crippen molar-refractivity contribution < 1.29 is 4.79 Å². The molecule has 1 atom stereocenters. The lowest BCUT2D eigenvalue weighted by atomic mass is 9.89. The molecule has 2 rings (SSSR count). The van der Waals surface area contributed by atoms with Crippen molar-refractivity contribution in [1.29, 1.82) is 0 Å². The highest BCUT2D eigenvalue weighted by Crippen LogP contribution is 2.25. The zero-order valence-corrected chi connectivity index (χ0v) is 12.7. The quantitative estimate of drug-likeness (QED) is 0.855. The highest BCUT2D eigenvalue weighted by atomic mass is 16.1. The first-order valence-electron chi connectivity index (χ1n) is 7.23. The molecule has 0 bridgehead atoms. The highest BCUT2D eigenvalue weighted by Gasteiger charge is 2.29. The van der Waals surface area contributed by atoms with Crippen LogP contribution in [0.4, 0.5) is 0 Å². The molecule has 1 fully saturated rings. The van der Waals surface area contributed by atoms with Gasteiger partial charge in [0.15, 0.2) is 0 Å². The standard InChI is InChI=1S/C16H25N3O/c1-16(8-9-18-11-16)12-19(3)10-13-4-6-14(7-5-13)15(20)17-2/h4-7,18H,8-12H2,1-3H3,(H,17,20). The van der Waals surface area contributed by atoms with Gasteiger partial charge < -0.3 is 15.5 Å². The molecular formula is C16H25N3O. The topological polar surface area (TPSA) is 44.4 Å². The van der Waals surface area contributed by atoms with Crippen molar-refractivity contribution in [3.63, 3.8) is 0 Å². The van der Waals surface area contributed by atoms with E-state index in [1.807, 2.05) is 24.3 Å². The Morgan fingerprint density at radius 1 is 1.40 bits per heavy atom. The van der Waals surface area contributed by atoms with Crippen molar-refractivity contribution in [2.45, 2.75) is 19.9 Å². The van der Waals surface area contributed by atoms with Gasteiger partial charge in [0.05, 0.1) is 0 Å². The molecule has 0 radical (unpaired) electrons. The number of nitrogens with zero attached hydrogens (tertiary/aromatic N) is 1. The Labute approximate surface area is 121 Å². The molecule has 1 aliphatic heterocycles. The maximum absolute atomic E-state index is 11.5. The van der Waals surface area contributed by atoms with Gasteiger partial charge in [-0.3, -0.25) is 4.79 Å². The van der Waals surface area contributed by atoms with E-state index in [9.17, 15) is 4.79 Å². The minimum atomic E-state index is -0.0329. The van der Waals surface area contributed by atoms with Crippen LogP contribution in [0.5, 0.6) is 0 Å². The second-order valence-electron chi connectivity index (χ2n) is 6.19. The van der Waals surface area contributed by atoms with E-state index in [0.29, 0.717) is 11.0 Å². The van der Waals surface area contributed by atoms with Crippen molar-refractivity contribution in [3.8, 4) is 0 Å². The Balaban J connectivity index is 1.90. The lowest BCUT2D eigenvalue weighted by molar-refractivity contribution is 0.0963. The number of rotatable bonds is 5. The molecule has 1 aromatic rings. The summed E-state index contributed by atoms with van der Waals surface area (Å²) in [6.45, 7) is 6.59. The molecule has 4 heteroatoms. The maximum atomic E-state index is 11.5. The van der Waals surface area contributed by atoms with Crippen LogP contribution in [0.25, 0.3) is 0 Å². The van der Waals surface area contributed by atoms with Crippen LogP contribution in [0.2, 0.25) is 0 Å². The lowest BCUT2D eigenvalue weighted by Crippen LogP contribution is -2.34. The van der Waals surface area contributed by atoms with Gasteiger partial charge in [0, 0.05) is 32.2 Å². The molecule has 4 nitrogen and oxygen atoms in total. The van der Waals surface area contributed by atoms with Gasteiger partial charge in [-0.1, -0.05) is 19.1 Å². The van der Waals surface area contributed by atoms with Gasteiger partial charge in [0.25, 0.3) is 5.91 Å². The van der Waals surface area contributed by atoms with Gasteiger partial charge in [0.1, 0.15) is 0 Å². The smallest absolute Gasteiger partial charge is 0.251 e. The van der Waals surface area contributed by atoms with Crippen LogP contribution >= 0.6 is 0 Å². The highest BCUT2D eigenvalue weighted by molar-refractivity contribution is 5.93. The van der Waals surface area contributed by atoms with Crippen LogP contribution < -0.4 is 10.6 Å². The molecule has 1 aliphatic rings. The number of amides is 1. The summed E-state index contributed by atoms with van der Waals surface area (Å²) in [7, 11) is 3.82. The average molecular weight is 275 g/mol. The van der Waals surface area contributed by atoms with Gasteiger partial charge in [0.2, 0.25) is 0 Å². The van der Waals surface area contributed by atoms with Crippen LogP contribution in [0.1, 0.15) is 29.3 Å². The zero-order valence-electron chi connectivity index (χ0n) is 12.7.